The molecular weight excluding hydrogens is 874 g/mol. The molecule has 0 aromatic rings. The van der Waals surface area contributed by atoms with E-state index in [0.29, 0.717) is 6.42 Å². The Kier molecular flexibility index (Phi) is 41.0. The predicted molar refractivity (Wildman–Crippen MR) is 261 cm³/mol. The monoisotopic (exact) mass is 954 g/mol. The van der Waals surface area contributed by atoms with E-state index in [2.05, 4.69) is 79.1 Å². The van der Waals surface area contributed by atoms with E-state index in [1.807, 2.05) is 18.2 Å². The van der Waals surface area contributed by atoms with Gasteiger partial charge in [-0.05, 0) is 77.0 Å². The quantitative estimate of drug-likeness (QED) is 0.0110. The number of thioether (sulfide) groups is 1. The fourth-order valence-electron chi connectivity index (χ4n) is 5.54. The molecule has 0 aliphatic rings. The van der Waals surface area contributed by atoms with E-state index in [-0.39, 0.29) is 31.4 Å². The van der Waals surface area contributed by atoms with Crippen LogP contribution in [-0.4, -0.2) is 105 Å². The third-order valence-electron chi connectivity index (χ3n) is 9.22. The number of aliphatic hydroxyl groups excluding tert-OH is 3. The van der Waals surface area contributed by atoms with Crippen molar-refractivity contribution in [2.45, 2.75) is 159 Å². The van der Waals surface area contributed by atoms with E-state index in [1.54, 1.807) is 18.2 Å². The number of carboxylic acids is 1. The zero-order valence-electron chi connectivity index (χ0n) is 38.8. The summed E-state index contributed by atoms with van der Waals surface area (Å²) < 4.78 is 32.8. The molecule has 7 N–H and O–H groups in total. The smallest absolute Gasteiger partial charge is 0.472 e. The van der Waals surface area contributed by atoms with E-state index in [4.69, 9.17) is 29.9 Å². The topological polar surface area (TPSA) is 232 Å². The number of carboxylic acid groups (broad SMARTS) is 1. The van der Waals surface area contributed by atoms with E-state index >= 15 is 0 Å². The zero-order chi connectivity index (χ0) is 48.2. The number of carbonyl (C=O) groups excluding carboxylic acids is 2. The van der Waals surface area contributed by atoms with Crippen molar-refractivity contribution in [2.24, 2.45) is 5.73 Å². The average Bonchev–Trinajstić information content (AvgIpc) is 3.28. The molecule has 0 aliphatic heterocycles. The normalized spacial score (nSPS) is 15.9. The molecule has 0 saturated carbocycles. The molecule has 0 spiro atoms. The number of aliphatic carboxylic acids is 1. The summed E-state index contributed by atoms with van der Waals surface area (Å²) in [7, 11) is -4.77. The van der Waals surface area contributed by atoms with Gasteiger partial charge in [-0.3, -0.25) is 23.4 Å². The number of nitrogens with two attached hydrogens (primary N) is 1. The highest BCUT2D eigenvalue weighted by atomic mass is 32.2. The Balaban J connectivity index is 5.20. The highest BCUT2D eigenvalue weighted by molar-refractivity contribution is 8.00. The molecule has 16 heteroatoms. The second kappa shape index (κ2) is 43.2. The summed E-state index contributed by atoms with van der Waals surface area (Å²) in [5.74, 6) is -2.47. The number of phosphoric ester groups is 1. The molecule has 65 heavy (non-hydrogen) atoms. The first-order chi connectivity index (χ1) is 31.3. The molecule has 0 amide bonds. The third-order valence-corrected chi connectivity index (χ3v) is 11.6. The number of esters is 2. The summed E-state index contributed by atoms with van der Waals surface area (Å²) in [5, 5.41) is 37.9. The summed E-state index contributed by atoms with van der Waals surface area (Å²) in [4.78, 5) is 46.9. The third kappa shape index (κ3) is 40.6. The summed E-state index contributed by atoms with van der Waals surface area (Å²) in [5.41, 5.74) is 6.16. The van der Waals surface area contributed by atoms with Crippen LogP contribution in [0.2, 0.25) is 0 Å². The molecule has 14 nitrogen and oxygen atoms in total. The number of hydrogen-bond acceptors (Lipinski definition) is 13. The summed E-state index contributed by atoms with van der Waals surface area (Å²) in [6, 6.07) is -1.18. The van der Waals surface area contributed by atoms with Gasteiger partial charge in [-0.2, -0.15) is 0 Å². The van der Waals surface area contributed by atoms with Gasteiger partial charge in [-0.15, -0.1) is 11.8 Å². The molecule has 0 fully saturated rings. The van der Waals surface area contributed by atoms with Crippen molar-refractivity contribution in [1.82, 2.24) is 0 Å². The van der Waals surface area contributed by atoms with E-state index in [9.17, 15) is 34.1 Å². The summed E-state index contributed by atoms with van der Waals surface area (Å²) in [6.07, 6.45) is 42.7. The van der Waals surface area contributed by atoms with Crippen molar-refractivity contribution in [3.8, 4) is 0 Å². The first-order valence-electron chi connectivity index (χ1n) is 23.1. The van der Waals surface area contributed by atoms with E-state index in [0.717, 1.165) is 64.2 Å². The van der Waals surface area contributed by atoms with Gasteiger partial charge in [0.15, 0.2) is 6.10 Å². The van der Waals surface area contributed by atoms with Gasteiger partial charge >= 0.3 is 25.7 Å². The number of ether oxygens (including phenoxy) is 2. The van der Waals surface area contributed by atoms with Crippen molar-refractivity contribution in [3.05, 3.63) is 97.2 Å². The molecule has 0 radical (unpaired) electrons. The number of allylic oxidation sites excluding steroid dienone is 15. The number of aliphatic hydroxyl groups is 3. The first-order valence-corrected chi connectivity index (χ1v) is 25.7. The molecule has 6 atom stereocenters. The zero-order valence-corrected chi connectivity index (χ0v) is 40.5. The van der Waals surface area contributed by atoms with Crippen LogP contribution in [0.25, 0.3) is 0 Å². The minimum absolute atomic E-state index is 0.00808. The van der Waals surface area contributed by atoms with Gasteiger partial charge in [0.25, 0.3) is 0 Å². The number of carbonyl (C=O) groups is 3. The molecule has 0 aliphatic carbocycles. The van der Waals surface area contributed by atoms with Crippen LogP contribution in [0.1, 0.15) is 129 Å². The van der Waals surface area contributed by atoms with Crippen LogP contribution in [0.5, 0.6) is 0 Å². The second-order valence-electron chi connectivity index (χ2n) is 15.3. The maximum atomic E-state index is 13.0. The molecule has 0 aromatic carbocycles. The Morgan fingerprint density at radius 3 is 1.91 bits per heavy atom. The van der Waals surface area contributed by atoms with Crippen molar-refractivity contribution in [2.75, 3.05) is 32.2 Å². The number of phosphoric acid groups is 1. The Morgan fingerprint density at radius 1 is 0.692 bits per heavy atom. The Bertz CT molecular complexity index is 1530. The lowest BCUT2D eigenvalue weighted by Gasteiger charge is -2.22. The first kappa shape index (κ1) is 61.6. The van der Waals surface area contributed by atoms with Gasteiger partial charge < -0.3 is 40.5 Å². The van der Waals surface area contributed by atoms with Crippen LogP contribution in [0, 0.1) is 0 Å². The van der Waals surface area contributed by atoms with Gasteiger partial charge in [0.2, 0.25) is 0 Å². The Labute approximate surface area is 393 Å². The molecule has 370 valence electrons. The van der Waals surface area contributed by atoms with Gasteiger partial charge in [0.1, 0.15) is 18.8 Å². The van der Waals surface area contributed by atoms with Crippen LogP contribution in [0.3, 0.4) is 0 Å². The van der Waals surface area contributed by atoms with Gasteiger partial charge in [0, 0.05) is 23.8 Å². The SMILES string of the molecule is CC/C=C\C/C=C\C/C=C\C/C=C\CCCCCCC(=O)O[C@H](COC(=O)[C@@H](N)CS[C@H](/C=C/C=C/C=C\C/C=C\CCCCC)[C@@H](O)CCCC(=O)O)COP(=O)(O)OC[C@@H](O)CO. The molecule has 0 bridgehead atoms. The minimum atomic E-state index is -4.77. The highest BCUT2D eigenvalue weighted by Gasteiger charge is 2.28. The highest BCUT2D eigenvalue weighted by Crippen LogP contribution is 2.43. The van der Waals surface area contributed by atoms with Crippen LogP contribution >= 0.6 is 19.6 Å². The lowest BCUT2D eigenvalue weighted by Crippen LogP contribution is -2.38. The van der Waals surface area contributed by atoms with Crippen molar-refractivity contribution in [1.29, 1.82) is 0 Å². The number of rotatable bonds is 42. The number of hydrogen-bond donors (Lipinski definition) is 6. The second-order valence-corrected chi connectivity index (χ2v) is 17.9. The largest absolute Gasteiger partial charge is 0.481 e. The van der Waals surface area contributed by atoms with Crippen molar-refractivity contribution < 1.29 is 62.8 Å². The molecule has 0 saturated heterocycles. The molecular formula is C49H80NO13PS. The standard InChI is InChI=1S/C49H80NO13PS/c1-3-5-7-9-11-13-15-17-18-19-20-21-23-25-27-29-31-36-48(56)63-43(40-62-64(58,59)61-38-42(52)37-51)39-60-49(57)44(50)41-65-46(45(53)33-32-35-47(54)55)34-30-28-26-24-22-16-14-12-10-8-6-4-2/h5,7,11-14,17-18,20-22,24,26,28,30,34,42-46,51-53H,3-4,6,8-10,15-16,19,23,25,27,29,31-33,35-41,50H2,1-2H3,(H,54,55)(H,58,59)/b7-5-,13-11-,14-12-,18-17-,21-20-,24-22-,28-26+,34-30+/t42-,43+,44-,45-,46+/m0/s1. The average molecular weight is 954 g/mol. The van der Waals surface area contributed by atoms with Gasteiger partial charge in [0.05, 0.1) is 25.9 Å². The van der Waals surface area contributed by atoms with Gasteiger partial charge in [-0.1, -0.05) is 137 Å². The summed E-state index contributed by atoms with van der Waals surface area (Å²) >= 11 is 1.18. The maximum Gasteiger partial charge on any atom is 0.472 e. The van der Waals surface area contributed by atoms with Crippen LogP contribution in [0.4, 0.5) is 0 Å². The van der Waals surface area contributed by atoms with E-state index < -0.39 is 81.8 Å². The Hall–Kier alpha value is -3.37. The van der Waals surface area contributed by atoms with Crippen molar-refractivity contribution in [3.63, 3.8) is 0 Å². The van der Waals surface area contributed by atoms with E-state index in [1.165, 1.54) is 31.0 Å². The Morgan fingerprint density at radius 2 is 1.28 bits per heavy atom. The van der Waals surface area contributed by atoms with Crippen LogP contribution < -0.4 is 5.73 Å². The molecule has 0 heterocycles. The molecule has 0 aromatic heterocycles. The number of unbranched alkanes of at least 4 members (excludes halogenated alkanes) is 7. The molecule has 0 rings (SSSR count). The van der Waals surface area contributed by atoms with Crippen LogP contribution in [0.15, 0.2) is 97.2 Å². The fourth-order valence-corrected chi connectivity index (χ4v) is 7.46. The molecule has 1 unspecified atom stereocenters. The lowest BCUT2D eigenvalue weighted by molar-refractivity contribution is -0.161. The lowest BCUT2D eigenvalue weighted by atomic mass is 10.1. The van der Waals surface area contributed by atoms with Gasteiger partial charge in [-0.25, -0.2) is 4.57 Å². The summed E-state index contributed by atoms with van der Waals surface area (Å²) in [6.45, 7) is 1.61. The fraction of sp³-hybridized carbons (Fsp3) is 0.612. The minimum Gasteiger partial charge on any atom is -0.481 e. The predicted octanol–water partition coefficient (Wildman–Crippen LogP) is 9.31. The van der Waals surface area contributed by atoms with Crippen molar-refractivity contribution >= 4 is 37.5 Å². The maximum absolute atomic E-state index is 13.0. The van der Waals surface area contributed by atoms with Crippen LogP contribution in [-0.2, 0) is 37.5 Å².